The van der Waals surface area contributed by atoms with Crippen molar-refractivity contribution in [2.75, 3.05) is 0 Å². The van der Waals surface area contributed by atoms with Gasteiger partial charge in [-0.1, -0.05) is 19.1 Å². The second kappa shape index (κ2) is 3.84. The quantitative estimate of drug-likeness (QED) is 0.866. The normalized spacial score (nSPS) is 23.1. The van der Waals surface area contributed by atoms with E-state index < -0.39 is 27.0 Å². The highest BCUT2D eigenvalue weighted by Gasteiger charge is 2.43. The summed E-state index contributed by atoms with van der Waals surface area (Å²) in [7, 11) is -3.49. The van der Waals surface area contributed by atoms with Crippen molar-refractivity contribution in [1.29, 1.82) is 0 Å². The van der Waals surface area contributed by atoms with E-state index in [1.807, 2.05) is 13.0 Å². The monoisotopic (exact) mass is 254 g/mol. The van der Waals surface area contributed by atoms with Crippen molar-refractivity contribution in [2.45, 2.75) is 30.4 Å². The highest BCUT2D eigenvalue weighted by atomic mass is 32.2. The summed E-state index contributed by atoms with van der Waals surface area (Å²) in [5.41, 5.74) is 1.68. The summed E-state index contributed by atoms with van der Waals surface area (Å²) in [5, 5.41) is 8.12. The Bertz CT molecular complexity index is 574. The summed E-state index contributed by atoms with van der Waals surface area (Å²) >= 11 is 0. The van der Waals surface area contributed by atoms with Crippen LogP contribution in [0.15, 0.2) is 23.1 Å². The van der Waals surface area contributed by atoms with Crippen molar-refractivity contribution < 1.29 is 18.3 Å². The molecule has 0 saturated carbocycles. The van der Waals surface area contributed by atoms with Gasteiger partial charge < -0.3 is 5.11 Å². The van der Waals surface area contributed by atoms with Gasteiger partial charge in [0, 0.05) is 0 Å². The third-order valence-electron chi connectivity index (χ3n) is 3.42. The number of carbonyl (C=O) groups is 1. The van der Waals surface area contributed by atoms with Gasteiger partial charge in [-0.25, -0.2) is 8.42 Å². The molecular weight excluding hydrogens is 240 g/mol. The number of rotatable bonds is 2. The topological polar surface area (TPSA) is 71.4 Å². The van der Waals surface area contributed by atoms with Crippen molar-refractivity contribution in [3.05, 3.63) is 29.3 Å². The summed E-state index contributed by atoms with van der Waals surface area (Å²) in [6, 6.07) is 5.11. The SMILES string of the molecule is Cc1cccc2c1CC(C(C)C(=O)O)S2(=O)=O. The Morgan fingerprint density at radius 2 is 2.12 bits per heavy atom. The minimum Gasteiger partial charge on any atom is -0.481 e. The van der Waals surface area contributed by atoms with Gasteiger partial charge in [-0.2, -0.15) is 0 Å². The number of aryl methyl sites for hydroxylation is 1. The van der Waals surface area contributed by atoms with Crippen LogP contribution in [0.5, 0.6) is 0 Å². The Kier molecular flexibility index (Phi) is 2.73. The Morgan fingerprint density at radius 1 is 1.47 bits per heavy atom. The van der Waals surface area contributed by atoms with E-state index in [4.69, 9.17) is 5.11 Å². The minimum atomic E-state index is -3.49. The first kappa shape index (κ1) is 12.1. The van der Waals surface area contributed by atoms with E-state index in [2.05, 4.69) is 0 Å². The van der Waals surface area contributed by atoms with E-state index in [1.165, 1.54) is 6.92 Å². The van der Waals surface area contributed by atoms with Crippen LogP contribution in [-0.2, 0) is 21.1 Å². The second-order valence-corrected chi connectivity index (χ2v) is 6.60. The summed E-state index contributed by atoms with van der Waals surface area (Å²) in [5.74, 6) is -1.95. The molecule has 0 amide bonds. The van der Waals surface area contributed by atoms with Crippen molar-refractivity contribution in [3.63, 3.8) is 0 Å². The van der Waals surface area contributed by atoms with E-state index in [1.54, 1.807) is 12.1 Å². The van der Waals surface area contributed by atoms with Crippen molar-refractivity contribution in [1.82, 2.24) is 0 Å². The molecule has 1 heterocycles. The molecule has 0 aliphatic carbocycles. The Balaban J connectivity index is 2.54. The molecule has 2 unspecified atom stereocenters. The van der Waals surface area contributed by atoms with Gasteiger partial charge >= 0.3 is 5.97 Å². The zero-order valence-corrected chi connectivity index (χ0v) is 10.5. The lowest BCUT2D eigenvalue weighted by molar-refractivity contribution is -0.141. The molecule has 0 radical (unpaired) electrons. The Labute approximate surface area is 100 Å². The van der Waals surface area contributed by atoms with E-state index in [9.17, 15) is 13.2 Å². The van der Waals surface area contributed by atoms with Crippen LogP contribution in [-0.4, -0.2) is 24.7 Å². The third-order valence-corrected chi connectivity index (χ3v) is 5.79. The van der Waals surface area contributed by atoms with Gasteiger partial charge in [0.25, 0.3) is 0 Å². The number of sulfone groups is 1. The lowest BCUT2D eigenvalue weighted by atomic mass is 9.98. The second-order valence-electron chi connectivity index (χ2n) is 4.47. The summed E-state index contributed by atoms with van der Waals surface area (Å²) in [4.78, 5) is 11.2. The van der Waals surface area contributed by atoms with Crippen LogP contribution in [0.1, 0.15) is 18.1 Å². The van der Waals surface area contributed by atoms with Gasteiger partial charge in [0.15, 0.2) is 9.84 Å². The molecule has 1 aromatic carbocycles. The molecule has 1 aromatic rings. The molecule has 0 saturated heterocycles. The molecule has 92 valence electrons. The molecule has 5 heteroatoms. The third kappa shape index (κ3) is 1.74. The Morgan fingerprint density at radius 3 is 2.65 bits per heavy atom. The molecule has 0 fully saturated rings. The predicted octanol–water partition coefficient (Wildman–Crippen LogP) is 1.41. The predicted molar refractivity (Wildman–Crippen MR) is 62.7 cm³/mol. The first-order valence-corrected chi connectivity index (χ1v) is 6.95. The fraction of sp³-hybridized carbons (Fsp3) is 0.417. The fourth-order valence-corrected chi connectivity index (χ4v) is 4.50. The summed E-state index contributed by atoms with van der Waals surface area (Å²) in [6.07, 6.45) is 0.303. The van der Waals surface area contributed by atoms with Crippen LogP contribution in [0.25, 0.3) is 0 Å². The van der Waals surface area contributed by atoms with Crippen molar-refractivity contribution in [2.24, 2.45) is 5.92 Å². The zero-order valence-electron chi connectivity index (χ0n) is 9.67. The summed E-state index contributed by atoms with van der Waals surface area (Å²) < 4.78 is 24.4. The maximum Gasteiger partial charge on any atom is 0.307 e. The van der Waals surface area contributed by atoms with Crippen molar-refractivity contribution in [3.8, 4) is 0 Å². The number of fused-ring (bicyclic) bond motifs is 1. The van der Waals surface area contributed by atoms with Crippen LogP contribution in [0.4, 0.5) is 0 Å². The van der Waals surface area contributed by atoms with Gasteiger partial charge in [-0.05, 0) is 30.5 Å². The molecule has 4 nitrogen and oxygen atoms in total. The van der Waals surface area contributed by atoms with Gasteiger partial charge in [0.05, 0.1) is 16.1 Å². The Hall–Kier alpha value is -1.36. The number of aliphatic carboxylic acids is 1. The number of carboxylic acid groups (broad SMARTS) is 1. The minimum absolute atomic E-state index is 0.301. The van der Waals surface area contributed by atoms with Crippen LogP contribution in [0.2, 0.25) is 0 Å². The van der Waals surface area contributed by atoms with Gasteiger partial charge in [-0.3, -0.25) is 4.79 Å². The lowest BCUT2D eigenvalue weighted by Gasteiger charge is -2.13. The van der Waals surface area contributed by atoms with Gasteiger partial charge in [0.1, 0.15) is 0 Å². The van der Waals surface area contributed by atoms with Crippen molar-refractivity contribution >= 4 is 15.8 Å². The van der Waals surface area contributed by atoms with E-state index in [0.717, 1.165) is 11.1 Å². The molecule has 0 aromatic heterocycles. The zero-order chi connectivity index (χ0) is 12.8. The highest BCUT2D eigenvalue weighted by Crippen LogP contribution is 2.36. The standard InChI is InChI=1S/C12H14O4S/c1-7-4-3-5-10-9(7)6-11(17(10,15)16)8(2)12(13)14/h3-5,8,11H,6H2,1-2H3,(H,13,14). The maximum absolute atomic E-state index is 12.2. The number of carboxylic acids is 1. The van der Waals surface area contributed by atoms with E-state index >= 15 is 0 Å². The van der Waals surface area contributed by atoms with Gasteiger partial charge in [-0.15, -0.1) is 0 Å². The summed E-state index contributed by atoms with van der Waals surface area (Å²) in [6.45, 7) is 3.30. The average molecular weight is 254 g/mol. The first-order valence-electron chi connectivity index (χ1n) is 5.41. The highest BCUT2D eigenvalue weighted by molar-refractivity contribution is 7.92. The number of hydrogen-bond donors (Lipinski definition) is 1. The number of benzene rings is 1. The van der Waals surface area contributed by atoms with E-state index in [0.29, 0.717) is 11.3 Å². The van der Waals surface area contributed by atoms with E-state index in [-0.39, 0.29) is 0 Å². The lowest BCUT2D eigenvalue weighted by Crippen LogP contribution is -2.30. The molecule has 2 rings (SSSR count). The smallest absolute Gasteiger partial charge is 0.307 e. The maximum atomic E-state index is 12.2. The largest absolute Gasteiger partial charge is 0.481 e. The molecule has 2 atom stereocenters. The molecular formula is C12H14O4S. The molecule has 1 N–H and O–H groups in total. The number of hydrogen-bond acceptors (Lipinski definition) is 3. The molecule has 1 aliphatic rings. The first-order chi connectivity index (χ1) is 7.85. The molecule has 17 heavy (non-hydrogen) atoms. The molecule has 1 aliphatic heterocycles. The van der Waals surface area contributed by atoms with Crippen LogP contribution < -0.4 is 0 Å². The average Bonchev–Trinajstić information content (AvgIpc) is 2.51. The van der Waals surface area contributed by atoms with Gasteiger partial charge in [0.2, 0.25) is 0 Å². The van der Waals surface area contributed by atoms with Crippen LogP contribution in [0, 0.1) is 12.8 Å². The molecule has 0 spiro atoms. The van der Waals surface area contributed by atoms with Crippen LogP contribution in [0.3, 0.4) is 0 Å². The van der Waals surface area contributed by atoms with Crippen LogP contribution >= 0.6 is 0 Å². The fourth-order valence-electron chi connectivity index (χ4n) is 2.28. The molecule has 0 bridgehead atoms.